The number of hydrogen-bond donors (Lipinski definition) is 0. The van der Waals surface area contributed by atoms with Crippen molar-refractivity contribution in [3.05, 3.63) is 46.5 Å². The van der Waals surface area contributed by atoms with E-state index >= 15 is 0 Å². The Hall–Kier alpha value is -2.75. The number of nitro groups is 1. The van der Waals surface area contributed by atoms with Crippen LogP contribution in [0, 0.1) is 21.4 Å². The van der Waals surface area contributed by atoms with Crippen LogP contribution in [0.25, 0.3) is 5.69 Å². The SMILES string of the molecule is N#Cc1ccc(-n2cncn2)c([N+](=O)[O-])c1. The van der Waals surface area contributed by atoms with Crippen LogP contribution < -0.4 is 0 Å². The van der Waals surface area contributed by atoms with Gasteiger partial charge in [0.05, 0.1) is 16.6 Å². The fourth-order valence-corrected chi connectivity index (χ4v) is 1.27. The molecular formula is C9H5N5O2. The van der Waals surface area contributed by atoms with Crippen LogP contribution in [0.1, 0.15) is 5.56 Å². The third-order valence-electron chi connectivity index (χ3n) is 1.97. The zero-order valence-corrected chi connectivity index (χ0v) is 7.94. The molecule has 2 aromatic rings. The van der Waals surface area contributed by atoms with E-state index in [0.29, 0.717) is 0 Å². The smallest absolute Gasteiger partial charge is 0.258 e. The van der Waals surface area contributed by atoms with E-state index in [1.807, 2.05) is 6.07 Å². The lowest BCUT2D eigenvalue weighted by molar-refractivity contribution is -0.384. The van der Waals surface area contributed by atoms with Crippen molar-refractivity contribution in [3.63, 3.8) is 0 Å². The molecule has 16 heavy (non-hydrogen) atoms. The molecule has 0 aliphatic heterocycles. The fourth-order valence-electron chi connectivity index (χ4n) is 1.27. The maximum Gasteiger partial charge on any atom is 0.296 e. The van der Waals surface area contributed by atoms with Gasteiger partial charge in [-0.3, -0.25) is 10.1 Å². The van der Waals surface area contributed by atoms with Gasteiger partial charge in [-0.2, -0.15) is 10.4 Å². The average molecular weight is 215 g/mol. The minimum Gasteiger partial charge on any atom is -0.258 e. The molecule has 0 spiro atoms. The van der Waals surface area contributed by atoms with Crippen LogP contribution in [0.5, 0.6) is 0 Å². The summed E-state index contributed by atoms with van der Waals surface area (Å²) in [6.07, 6.45) is 2.64. The molecule has 0 bridgehead atoms. The molecule has 0 amide bonds. The summed E-state index contributed by atoms with van der Waals surface area (Å²) in [6, 6.07) is 6.00. The number of nitriles is 1. The van der Waals surface area contributed by atoms with Gasteiger partial charge < -0.3 is 0 Å². The minimum absolute atomic E-state index is 0.176. The third kappa shape index (κ3) is 1.59. The van der Waals surface area contributed by atoms with Crippen LogP contribution in [0.3, 0.4) is 0 Å². The lowest BCUT2D eigenvalue weighted by Crippen LogP contribution is -2.00. The molecule has 7 nitrogen and oxygen atoms in total. The van der Waals surface area contributed by atoms with Gasteiger partial charge in [-0.15, -0.1) is 0 Å². The Bertz CT molecular complexity index is 570. The van der Waals surface area contributed by atoms with Crippen LogP contribution in [0.2, 0.25) is 0 Å². The lowest BCUT2D eigenvalue weighted by Gasteiger charge is -2.01. The van der Waals surface area contributed by atoms with Crippen LogP contribution in [0.4, 0.5) is 5.69 Å². The second kappa shape index (κ2) is 3.78. The highest BCUT2D eigenvalue weighted by Gasteiger charge is 2.16. The van der Waals surface area contributed by atoms with Crippen molar-refractivity contribution in [2.75, 3.05) is 0 Å². The highest BCUT2D eigenvalue weighted by molar-refractivity contribution is 5.55. The first-order chi connectivity index (χ1) is 7.72. The molecule has 0 aliphatic carbocycles. The average Bonchev–Trinajstić information content (AvgIpc) is 2.81. The summed E-state index contributed by atoms with van der Waals surface area (Å²) in [5, 5.41) is 23.3. The lowest BCUT2D eigenvalue weighted by atomic mass is 10.2. The van der Waals surface area contributed by atoms with Crippen molar-refractivity contribution in [2.45, 2.75) is 0 Å². The molecule has 0 atom stereocenters. The van der Waals surface area contributed by atoms with Gasteiger partial charge in [0.25, 0.3) is 5.69 Å². The summed E-state index contributed by atoms with van der Waals surface area (Å²) >= 11 is 0. The van der Waals surface area contributed by atoms with Gasteiger partial charge in [0.15, 0.2) is 0 Å². The maximum atomic E-state index is 10.8. The summed E-state index contributed by atoms with van der Waals surface area (Å²) in [4.78, 5) is 14.0. The Morgan fingerprint density at radius 3 is 2.88 bits per heavy atom. The molecule has 0 saturated carbocycles. The molecule has 1 heterocycles. The topological polar surface area (TPSA) is 97.6 Å². The summed E-state index contributed by atoms with van der Waals surface area (Å²) < 4.78 is 1.28. The van der Waals surface area contributed by atoms with Crippen LogP contribution >= 0.6 is 0 Å². The van der Waals surface area contributed by atoms with Crippen LogP contribution in [-0.2, 0) is 0 Å². The fraction of sp³-hybridized carbons (Fsp3) is 0. The molecule has 0 radical (unpaired) electrons. The molecule has 1 aromatic heterocycles. The van der Waals surface area contributed by atoms with E-state index in [2.05, 4.69) is 10.1 Å². The first-order valence-corrected chi connectivity index (χ1v) is 4.26. The molecule has 0 aliphatic rings. The quantitative estimate of drug-likeness (QED) is 0.550. The molecule has 2 rings (SSSR count). The van der Waals surface area contributed by atoms with Crippen molar-refractivity contribution >= 4 is 5.69 Å². The minimum atomic E-state index is -0.558. The van der Waals surface area contributed by atoms with Gasteiger partial charge in [0.1, 0.15) is 18.3 Å². The van der Waals surface area contributed by atoms with E-state index < -0.39 is 4.92 Å². The van der Waals surface area contributed by atoms with Crippen molar-refractivity contribution in [3.8, 4) is 11.8 Å². The van der Waals surface area contributed by atoms with E-state index in [0.717, 1.165) is 0 Å². The number of nitro benzene ring substituents is 1. The van der Waals surface area contributed by atoms with Crippen molar-refractivity contribution in [2.24, 2.45) is 0 Å². The first-order valence-electron chi connectivity index (χ1n) is 4.26. The molecule has 0 fully saturated rings. The third-order valence-corrected chi connectivity index (χ3v) is 1.97. The second-order valence-electron chi connectivity index (χ2n) is 2.91. The normalized spacial score (nSPS) is 9.69. The van der Waals surface area contributed by atoms with Crippen LogP contribution in [0.15, 0.2) is 30.9 Å². The highest BCUT2D eigenvalue weighted by atomic mass is 16.6. The van der Waals surface area contributed by atoms with Crippen molar-refractivity contribution < 1.29 is 4.92 Å². The van der Waals surface area contributed by atoms with Gasteiger partial charge in [-0.1, -0.05) is 0 Å². The Labute approximate surface area is 89.7 Å². The molecule has 78 valence electrons. The summed E-state index contributed by atoms with van der Waals surface area (Å²) in [7, 11) is 0. The zero-order chi connectivity index (χ0) is 11.5. The van der Waals surface area contributed by atoms with Crippen molar-refractivity contribution in [1.29, 1.82) is 5.26 Å². The predicted molar refractivity (Wildman–Crippen MR) is 52.7 cm³/mol. The van der Waals surface area contributed by atoms with Gasteiger partial charge >= 0.3 is 0 Å². The van der Waals surface area contributed by atoms with E-state index in [4.69, 9.17) is 5.26 Å². The summed E-state index contributed by atoms with van der Waals surface area (Å²) in [5.41, 5.74) is 0.335. The molecule has 7 heteroatoms. The van der Waals surface area contributed by atoms with Crippen LogP contribution in [-0.4, -0.2) is 19.7 Å². The summed E-state index contributed by atoms with van der Waals surface area (Å²) in [6.45, 7) is 0. The molecule has 1 aromatic carbocycles. The van der Waals surface area contributed by atoms with E-state index in [1.165, 1.54) is 35.5 Å². The Kier molecular flexibility index (Phi) is 2.31. The second-order valence-corrected chi connectivity index (χ2v) is 2.91. The molecule has 0 N–H and O–H groups in total. The molecular weight excluding hydrogens is 210 g/mol. The number of hydrogen-bond acceptors (Lipinski definition) is 5. The van der Waals surface area contributed by atoms with Crippen molar-refractivity contribution in [1.82, 2.24) is 14.8 Å². The van der Waals surface area contributed by atoms with E-state index in [1.54, 1.807) is 0 Å². The Morgan fingerprint density at radius 2 is 2.31 bits per heavy atom. The number of rotatable bonds is 2. The first kappa shape index (κ1) is 9.79. The van der Waals surface area contributed by atoms with E-state index in [9.17, 15) is 10.1 Å². The highest BCUT2D eigenvalue weighted by Crippen LogP contribution is 2.22. The Morgan fingerprint density at radius 1 is 1.50 bits per heavy atom. The predicted octanol–water partition coefficient (Wildman–Crippen LogP) is 1.05. The zero-order valence-electron chi connectivity index (χ0n) is 7.94. The summed E-state index contributed by atoms with van der Waals surface area (Å²) in [5.74, 6) is 0. The largest absolute Gasteiger partial charge is 0.296 e. The number of aromatic nitrogens is 3. The van der Waals surface area contributed by atoms with E-state index in [-0.39, 0.29) is 16.9 Å². The maximum absolute atomic E-state index is 10.8. The molecule has 0 saturated heterocycles. The van der Waals surface area contributed by atoms with Gasteiger partial charge in [0, 0.05) is 6.07 Å². The number of benzene rings is 1. The molecule has 0 unspecified atom stereocenters. The number of nitrogens with zero attached hydrogens (tertiary/aromatic N) is 5. The van der Waals surface area contributed by atoms with Gasteiger partial charge in [-0.05, 0) is 12.1 Å². The van der Waals surface area contributed by atoms with Gasteiger partial charge in [-0.25, -0.2) is 9.67 Å². The monoisotopic (exact) mass is 215 g/mol. The van der Waals surface area contributed by atoms with Gasteiger partial charge in [0.2, 0.25) is 0 Å². The Balaban J connectivity index is 2.63. The standard InChI is InChI=1S/C9H5N5O2/c10-4-7-1-2-8(9(3-7)14(15)16)13-6-11-5-12-13/h1-3,5-6H.